The van der Waals surface area contributed by atoms with Gasteiger partial charge in [-0.1, -0.05) is 48.9 Å². The van der Waals surface area contributed by atoms with Crippen molar-refractivity contribution in [1.29, 1.82) is 0 Å². The monoisotopic (exact) mass is 469 g/mol. The standard InChI is InChI=1S/C19H20ClN3O3S3/c1-11(2)12-5-3-7-14-17(12)21-19(27-14)22-18(24)13-6-4-10-23(13)29(25,26)16-9-8-15(20)28-16/h3,5,7-9,11,13H,4,6,10H2,1-2H3,(H,21,22,24). The maximum Gasteiger partial charge on any atom is 0.253 e. The molecule has 1 aromatic carbocycles. The minimum absolute atomic E-state index is 0.156. The van der Waals surface area contributed by atoms with E-state index in [0.29, 0.717) is 34.8 Å². The molecule has 29 heavy (non-hydrogen) atoms. The van der Waals surface area contributed by atoms with Gasteiger partial charge in [0.2, 0.25) is 5.91 Å². The number of sulfonamides is 1. The molecule has 1 N–H and O–H groups in total. The molecule has 2 aromatic heterocycles. The fraction of sp³-hybridized carbons (Fsp3) is 0.368. The molecule has 1 amide bonds. The van der Waals surface area contributed by atoms with E-state index in [0.717, 1.165) is 27.1 Å². The SMILES string of the molecule is CC(C)c1cccc2sc(NC(=O)C3CCCN3S(=O)(=O)c3ccc(Cl)s3)nc12. The van der Waals surface area contributed by atoms with Crippen LogP contribution in [0, 0.1) is 0 Å². The number of fused-ring (bicyclic) bond motifs is 1. The van der Waals surface area contributed by atoms with Crippen LogP contribution >= 0.6 is 34.3 Å². The molecule has 0 bridgehead atoms. The number of carbonyl (C=O) groups is 1. The van der Waals surface area contributed by atoms with Gasteiger partial charge in [-0.05, 0) is 42.5 Å². The molecule has 1 aliphatic rings. The molecule has 0 saturated carbocycles. The Morgan fingerprint density at radius 2 is 2.07 bits per heavy atom. The van der Waals surface area contributed by atoms with Crippen molar-refractivity contribution in [2.24, 2.45) is 0 Å². The first-order chi connectivity index (χ1) is 13.8. The zero-order valence-corrected chi connectivity index (χ0v) is 19.1. The number of nitrogens with one attached hydrogen (secondary N) is 1. The molecule has 1 saturated heterocycles. The van der Waals surface area contributed by atoms with Crippen molar-refractivity contribution in [3.05, 3.63) is 40.2 Å². The molecule has 4 rings (SSSR count). The maximum atomic E-state index is 13.0. The molecule has 3 heterocycles. The van der Waals surface area contributed by atoms with Crippen LogP contribution in [0.5, 0.6) is 0 Å². The van der Waals surface area contributed by atoms with Crippen LogP contribution in [0.25, 0.3) is 10.2 Å². The van der Waals surface area contributed by atoms with Crippen LogP contribution in [0.2, 0.25) is 4.34 Å². The van der Waals surface area contributed by atoms with E-state index in [1.807, 2.05) is 18.2 Å². The predicted molar refractivity (Wildman–Crippen MR) is 119 cm³/mol. The Hall–Kier alpha value is -1.52. The summed E-state index contributed by atoms with van der Waals surface area (Å²) in [5.41, 5.74) is 2.01. The Labute approximate surface area is 182 Å². The summed E-state index contributed by atoms with van der Waals surface area (Å²) in [7, 11) is -3.76. The number of thiophene rings is 1. The molecule has 1 atom stereocenters. The third-order valence-corrected chi connectivity index (χ3v) is 9.46. The molecular weight excluding hydrogens is 450 g/mol. The summed E-state index contributed by atoms with van der Waals surface area (Å²) >= 11 is 8.30. The van der Waals surface area contributed by atoms with Crippen molar-refractivity contribution < 1.29 is 13.2 Å². The van der Waals surface area contributed by atoms with Gasteiger partial charge in [0, 0.05) is 6.54 Å². The van der Waals surface area contributed by atoms with E-state index in [1.54, 1.807) is 6.07 Å². The normalized spacial score (nSPS) is 18.0. The first-order valence-corrected chi connectivity index (χ1v) is 12.7. The van der Waals surface area contributed by atoms with Crippen LogP contribution in [0.3, 0.4) is 0 Å². The summed E-state index contributed by atoms with van der Waals surface area (Å²) < 4.78 is 28.7. The minimum Gasteiger partial charge on any atom is -0.301 e. The number of anilines is 1. The minimum atomic E-state index is -3.76. The Bertz CT molecular complexity index is 1170. The van der Waals surface area contributed by atoms with Gasteiger partial charge in [-0.15, -0.1) is 11.3 Å². The average molecular weight is 470 g/mol. The number of amides is 1. The molecule has 10 heteroatoms. The fourth-order valence-electron chi connectivity index (χ4n) is 3.52. The number of thiazole rings is 1. The van der Waals surface area contributed by atoms with Crippen LogP contribution in [0.4, 0.5) is 5.13 Å². The summed E-state index contributed by atoms with van der Waals surface area (Å²) in [5.74, 6) is -0.0312. The Morgan fingerprint density at radius 3 is 2.76 bits per heavy atom. The zero-order chi connectivity index (χ0) is 20.8. The zero-order valence-electron chi connectivity index (χ0n) is 15.9. The van der Waals surface area contributed by atoms with Crippen molar-refractivity contribution in [2.75, 3.05) is 11.9 Å². The number of aromatic nitrogens is 1. The Morgan fingerprint density at radius 1 is 1.28 bits per heavy atom. The molecule has 0 spiro atoms. The van der Waals surface area contributed by atoms with Crippen LogP contribution in [-0.2, 0) is 14.8 Å². The van der Waals surface area contributed by atoms with Gasteiger partial charge in [-0.25, -0.2) is 13.4 Å². The molecule has 0 radical (unpaired) electrons. The molecule has 6 nitrogen and oxygen atoms in total. The van der Waals surface area contributed by atoms with Crippen LogP contribution < -0.4 is 5.32 Å². The van der Waals surface area contributed by atoms with Crippen molar-refractivity contribution in [3.8, 4) is 0 Å². The second-order valence-electron chi connectivity index (χ2n) is 7.19. The summed E-state index contributed by atoms with van der Waals surface area (Å²) in [6, 6.07) is 8.28. The highest BCUT2D eigenvalue weighted by Crippen LogP contribution is 2.34. The van der Waals surface area contributed by atoms with E-state index in [2.05, 4.69) is 24.1 Å². The van der Waals surface area contributed by atoms with E-state index in [9.17, 15) is 13.2 Å². The highest BCUT2D eigenvalue weighted by atomic mass is 35.5. The van der Waals surface area contributed by atoms with Crippen molar-refractivity contribution >= 4 is 65.6 Å². The van der Waals surface area contributed by atoms with Crippen LogP contribution in [-0.4, -0.2) is 36.2 Å². The van der Waals surface area contributed by atoms with E-state index in [-0.39, 0.29) is 10.1 Å². The lowest BCUT2D eigenvalue weighted by atomic mass is 10.0. The molecule has 1 fully saturated rings. The number of halogens is 1. The number of hydrogen-bond acceptors (Lipinski definition) is 6. The van der Waals surface area contributed by atoms with Gasteiger partial charge in [0.25, 0.3) is 10.0 Å². The number of rotatable bonds is 5. The number of nitrogens with zero attached hydrogens (tertiary/aromatic N) is 2. The number of para-hydroxylation sites is 1. The number of hydrogen-bond donors (Lipinski definition) is 1. The summed E-state index contributed by atoms with van der Waals surface area (Å²) in [6.07, 6.45) is 1.11. The molecular formula is C19H20ClN3O3S3. The Balaban J connectivity index is 1.58. The quantitative estimate of drug-likeness (QED) is 0.574. The molecule has 1 aliphatic heterocycles. The van der Waals surface area contributed by atoms with E-state index in [4.69, 9.17) is 11.6 Å². The third-order valence-electron chi connectivity index (χ3n) is 4.92. The summed E-state index contributed by atoms with van der Waals surface area (Å²) in [4.78, 5) is 17.5. The van der Waals surface area contributed by atoms with E-state index >= 15 is 0 Å². The van der Waals surface area contributed by atoms with Gasteiger partial charge in [0.15, 0.2) is 5.13 Å². The lowest BCUT2D eigenvalue weighted by molar-refractivity contribution is -0.119. The van der Waals surface area contributed by atoms with Crippen LogP contribution in [0.1, 0.15) is 38.2 Å². The first kappa shape index (κ1) is 20.7. The molecule has 154 valence electrons. The van der Waals surface area contributed by atoms with E-state index in [1.165, 1.54) is 21.7 Å². The van der Waals surface area contributed by atoms with Crippen molar-refractivity contribution in [1.82, 2.24) is 9.29 Å². The summed E-state index contributed by atoms with van der Waals surface area (Å²) in [6.45, 7) is 4.52. The lowest BCUT2D eigenvalue weighted by Crippen LogP contribution is -2.42. The highest BCUT2D eigenvalue weighted by molar-refractivity contribution is 7.91. The summed E-state index contributed by atoms with van der Waals surface area (Å²) in [5, 5.41) is 3.33. The second kappa shape index (κ2) is 7.96. The lowest BCUT2D eigenvalue weighted by Gasteiger charge is -2.22. The highest BCUT2D eigenvalue weighted by Gasteiger charge is 2.40. The van der Waals surface area contributed by atoms with Gasteiger partial charge in [0.1, 0.15) is 10.3 Å². The van der Waals surface area contributed by atoms with Crippen molar-refractivity contribution in [2.45, 2.75) is 42.9 Å². The molecule has 1 unspecified atom stereocenters. The number of benzene rings is 1. The molecule has 0 aliphatic carbocycles. The van der Waals surface area contributed by atoms with Crippen molar-refractivity contribution in [3.63, 3.8) is 0 Å². The number of carbonyl (C=O) groups excluding carboxylic acids is 1. The molecule has 3 aromatic rings. The second-order valence-corrected chi connectivity index (χ2v) is 12.1. The fourth-order valence-corrected chi connectivity index (χ4v) is 7.69. The topological polar surface area (TPSA) is 79.4 Å². The predicted octanol–water partition coefficient (Wildman–Crippen LogP) is 4.93. The van der Waals surface area contributed by atoms with Crippen LogP contribution in [0.15, 0.2) is 34.5 Å². The van der Waals surface area contributed by atoms with Gasteiger partial charge >= 0.3 is 0 Å². The third kappa shape index (κ3) is 3.94. The largest absolute Gasteiger partial charge is 0.301 e. The maximum absolute atomic E-state index is 13.0. The van der Waals surface area contributed by atoms with Gasteiger partial charge in [-0.2, -0.15) is 4.31 Å². The van der Waals surface area contributed by atoms with Gasteiger partial charge in [-0.3, -0.25) is 4.79 Å². The van der Waals surface area contributed by atoms with E-state index < -0.39 is 16.1 Å². The van der Waals surface area contributed by atoms with Gasteiger partial charge < -0.3 is 5.32 Å². The Kier molecular flexibility index (Phi) is 5.69. The smallest absolute Gasteiger partial charge is 0.253 e. The van der Waals surface area contributed by atoms with Gasteiger partial charge in [0.05, 0.1) is 14.6 Å². The average Bonchev–Trinajstić information content (AvgIpc) is 3.39. The first-order valence-electron chi connectivity index (χ1n) is 9.25.